The van der Waals surface area contributed by atoms with E-state index in [2.05, 4.69) is 36.3 Å². The summed E-state index contributed by atoms with van der Waals surface area (Å²) in [6.45, 7) is 3.76. The number of aromatic nitrogens is 1. The second-order valence-electron chi connectivity index (χ2n) is 15.0. The highest BCUT2D eigenvalue weighted by molar-refractivity contribution is 9.10. The van der Waals surface area contributed by atoms with Crippen LogP contribution in [0.25, 0.3) is 10.9 Å². The number of nitrogens with zero attached hydrogens (tertiary/aromatic N) is 3. The fourth-order valence-corrected chi connectivity index (χ4v) is 8.98. The van der Waals surface area contributed by atoms with Gasteiger partial charge in [0.25, 0.3) is 5.91 Å². The maximum absolute atomic E-state index is 14.5. The molecule has 294 valence electrons. The van der Waals surface area contributed by atoms with E-state index in [0.717, 1.165) is 12.8 Å². The van der Waals surface area contributed by atoms with E-state index in [4.69, 9.17) is 14.2 Å². The number of carbonyl (C=O) groups is 4. The van der Waals surface area contributed by atoms with Crippen molar-refractivity contribution in [1.29, 1.82) is 0 Å². The molecule has 1 saturated heterocycles. The number of nitrogens with one attached hydrogen (secondary N) is 3. The van der Waals surface area contributed by atoms with Crippen molar-refractivity contribution < 1.29 is 41.8 Å². The zero-order chi connectivity index (χ0) is 39.0. The quantitative estimate of drug-likeness (QED) is 0.314. The molecule has 5 atom stereocenters. The summed E-state index contributed by atoms with van der Waals surface area (Å²) in [7, 11) is 0.722. The molecule has 2 aliphatic carbocycles. The van der Waals surface area contributed by atoms with Crippen LogP contribution in [0.2, 0.25) is 0 Å². The van der Waals surface area contributed by atoms with Crippen molar-refractivity contribution in [1.82, 2.24) is 30.1 Å². The molecule has 3 fully saturated rings. The zero-order valence-corrected chi connectivity index (χ0v) is 33.7. The van der Waals surface area contributed by atoms with E-state index in [1.807, 2.05) is 19.1 Å². The topological polar surface area (TPSA) is 186 Å². The van der Waals surface area contributed by atoms with Crippen molar-refractivity contribution in [2.75, 3.05) is 34.4 Å². The lowest BCUT2D eigenvalue weighted by atomic mass is 10.0. The number of halogens is 1. The minimum atomic E-state index is -3.99. The minimum absolute atomic E-state index is 0.00831. The van der Waals surface area contributed by atoms with Crippen molar-refractivity contribution in [2.24, 2.45) is 5.92 Å². The Morgan fingerprint density at radius 2 is 1.91 bits per heavy atom. The van der Waals surface area contributed by atoms with Gasteiger partial charge in [-0.2, -0.15) is 0 Å². The van der Waals surface area contributed by atoms with Gasteiger partial charge in [0.2, 0.25) is 27.7 Å². The van der Waals surface area contributed by atoms with Gasteiger partial charge in [-0.1, -0.05) is 25.0 Å². The van der Waals surface area contributed by atoms with Gasteiger partial charge < -0.3 is 34.6 Å². The van der Waals surface area contributed by atoms with Gasteiger partial charge in [0, 0.05) is 37.9 Å². The molecule has 3 heterocycles. The van der Waals surface area contributed by atoms with Crippen molar-refractivity contribution in [3.63, 3.8) is 0 Å². The Morgan fingerprint density at radius 3 is 2.59 bits per heavy atom. The fraction of sp³-hybridized carbons (Fsp3) is 0.595. The highest BCUT2D eigenvalue weighted by atomic mass is 79.9. The van der Waals surface area contributed by atoms with Gasteiger partial charge in [-0.25, -0.2) is 18.2 Å². The third-order valence-electron chi connectivity index (χ3n) is 10.8. The molecule has 6 rings (SSSR count). The number of rotatable bonds is 9. The Morgan fingerprint density at radius 1 is 1.15 bits per heavy atom. The smallest absolute Gasteiger partial charge is 0.317 e. The van der Waals surface area contributed by atoms with Crippen LogP contribution in [0.1, 0.15) is 71.6 Å². The van der Waals surface area contributed by atoms with Crippen LogP contribution in [-0.4, -0.2) is 110 Å². The van der Waals surface area contributed by atoms with Gasteiger partial charge in [-0.15, -0.1) is 0 Å². The van der Waals surface area contributed by atoms with Crippen LogP contribution < -0.4 is 29.6 Å². The molecule has 0 radical (unpaired) electrons. The average Bonchev–Trinajstić information content (AvgIpc) is 4.00. The van der Waals surface area contributed by atoms with Crippen LogP contribution in [-0.2, 0) is 24.4 Å². The molecule has 0 bridgehead atoms. The first-order valence-corrected chi connectivity index (χ1v) is 20.7. The van der Waals surface area contributed by atoms with Crippen LogP contribution >= 0.6 is 15.9 Å². The molecule has 2 aromatic rings. The highest BCUT2D eigenvalue weighted by Gasteiger charge is 2.63. The number of amides is 5. The normalized spacial score (nSPS) is 26.7. The number of pyridine rings is 1. The number of fused-ring (bicyclic) bond motifs is 3. The van der Waals surface area contributed by atoms with Gasteiger partial charge in [0.15, 0.2) is 0 Å². The largest absolute Gasteiger partial charge is 0.495 e. The van der Waals surface area contributed by atoms with Crippen LogP contribution in [0.5, 0.6) is 17.4 Å². The lowest BCUT2D eigenvalue weighted by molar-refractivity contribution is -0.141. The molecule has 1 aromatic carbocycles. The first kappa shape index (κ1) is 39.6. The van der Waals surface area contributed by atoms with Crippen molar-refractivity contribution >= 4 is 60.6 Å². The van der Waals surface area contributed by atoms with Crippen LogP contribution in [0.15, 0.2) is 34.8 Å². The summed E-state index contributed by atoms with van der Waals surface area (Å²) in [5.74, 6) is -1.04. The van der Waals surface area contributed by atoms with Gasteiger partial charge in [0.1, 0.15) is 35.2 Å². The summed E-state index contributed by atoms with van der Waals surface area (Å²) in [6, 6.07) is 2.74. The molecule has 5 amide bonds. The highest BCUT2D eigenvalue weighted by Crippen LogP contribution is 2.48. The molecule has 0 unspecified atom stereocenters. The molecule has 1 aromatic heterocycles. The van der Waals surface area contributed by atoms with E-state index in [1.54, 1.807) is 46.3 Å². The monoisotopic (exact) mass is 832 g/mol. The van der Waals surface area contributed by atoms with E-state index in [9.17, 15) is 27.6 Å². The second kappa shape index (κ2) is 15.6. The summed E-state index contributed by atoms with van der Waals surface area (Å²) in [5.41, 5.74) is -0.990. The fourth-order valence-electron chi connectivity index (χ4n) is 7.07. The number of urea groups is 1. The Balaban J connectivity index is 1.35. The first-order chi connectivity index (χ1) is 25.6. The lowest BCUT2D eigenvalue weighted by Crippen LogP contribution is -2.59. The number of methoxy groups -OCH3 is 1. The van der Waals surface area contributed by atoms with E-state index < -0.39 is 68.2 Å². The standard InChI is InChI=1S/C37H49BrN6O9S/c1-6-52-29-19-28(24-14-15-27(51-5)30(38)31(24)40-29)53-23-18-26-32(45)41-37(34(47)42-54(49,50)36(2)16-17-36)20-22(37)12-10-8-7-9-11-13-25(33(46)44(26)21-23)39-35(48)43(3)4/h10,12,14-15,19,22-23,25-26H,6-9,11,13,16-18,20-21H2,1-5H3,(H,39,48)(H,41,45)(H,42,47)/t22-,23-,25+,26+,37-/m1/s1. The number of hydrogen-bond donors (Lipinski definition) is 3. The van der Waals surface area contributed by atoms with Crippen LogP contribution in [0.3, 0.4) is 0 Å². The van der Waals surface area contributed by atoms with E-state index in [-0.39, 0.29) is 19.4 Å². The Hall–Kier alpha value is -4.12. The molecular weight excluding hydrogens is 784 g/mol. The predicted molar refractivity (Wildman–Crippen MR) is 204 cm³/mol. The maximum Gasteiger partial charge on any atom is 0.317 e. The lowest BCUT2D eigenvalue weighted by Gasteiger charge is -2.30. The molecule has 2 aliphatic heterocycles. The number of ether oxygens (including phenoxy) is 3. The van der Waals surface area contributed by atoms with Crippen molar-refractivity contribution in [2.45, 2.75) is 100 Å². The number of benzene rings is 1. The second-order valence-corrected chi connectivity index (χ2v) is 18.0. The molecular formula is C37H49BrN6O9S. The van der Waals surface area contributed by atoms with E-state index >= 15 is 0 Å². The van der Waals surface area contributed by atoms with E-state index in [0.29, 0.717) is 71.5 Å². The molecule has 17 heteroatoms. The van der Waals surface area contributed by atoms with Crippen molar-refractivity contribution in [3.05, 3.63) is 34.8 Å². The summed E-state index contributed by atoms with van der Waals surface area (Å²) >= 11 is 3.58. The van der Waals surface area contributed by atoms with Gasteiger partial charge in [-0.05, 0) is 80.4 Å². The first-order valence-electron chi connectivity index (χ1n) is 18.4. The van der Waals surface area contributed by atoms with Gasteiger partial charge in [0.05, 0.1) is 35.0 Å². The number of hydrogen-bond acceptors (Lipinski definition) is 10. The zero-order valence-electron chi connectivity index (χ0n) is 31.3. The third kappa shape index (κ3) is 7.97. The average molecular weight is 834 g/mol. The maximum atomic E-state index is 14.5. The molecule has 4 aliphatic rings. The SMILES string of the molecule is CCOc1cc(O[C@@H]2C[C@H]3C(=O)N[C@]4(C(=O)NS(=O)(=O)C5(C)CC5)C[C@H]4C=CCCCCC[C@H](NC(=O)N(C)C)C(=O)N3C2)c2ccc(OC)c(Br)c2n1. The molecule has 15 nitrogen and oxygen atoms in total. The van der Waals surface area contributed by atoms with Crippen LogP contribution in [0.4, 0.5) is 4.79 Å². The van der Waals surface area contributed by atoms with Crippen LogP contribution in [0, 0.1) is 5.92 Å². The Labute approximate surface area is 324 Å². The van der Waals surface area contributed by atoms with E-state index in [1.165, 1.54) is 9.80 Å². The molecule has 0 spiro atoms. The number of sulfonamides is 1. The molecule has 2 saturated carbocycles. The Bertz CT molecular complexity index is 1950. The van der Waals surface area contributed by atoms with Gasteiger partial charge >= 0.3 is 6.03 Å². The minimum Gasteiger partial charge on any atom is -0.495 e. The molecule has 3 N–H and O–H groups in total. The summed E-state index contributed by atoms with van der Waals surface area (Å²) in [5, 5.41) is 6.37. The number of carbonyl (C=O) groups excluding carboxylic acids is 4. The van der Waals surface area contributed by atoms with Gasteiger partial charge in [-0.3, -0.25) is 19.1 Å². The summed E-state index contributed by atoms with van der Waals surface area (Å²) < 4.78 is 45.9. The van der Waals surface area contributed by atoms with Crippen molar-refractivity contribution in [3.8, 4) is 17.4 Å². The third-order valence-corrected chi connectivity index (χ3v) is 13.7. The molecule has 54 heavy (non-hydrogen) atoms. The summed E-state index contributed by atoms with van der Waals surface area (Å²) in [6.07, 6.45) is 7.53. The summed E-state index contributed by atoms with van der Waals surface area (Å²) in [4.78, 5) is 63.0. The number of allylic oxidation sites excluding steroid dienone is 1. The predicted octanol–water partition coefficient (Wildman–Crippen LogP) is 3.79. The Kier molecular flexibility index (Phi) is 11.4.